The predicted molar refractivity (Wildman–Crippen MR) is 108 cm³/mol. The van der Waals surface area contributed by atoms with Crippen LogP contribution in [0.2, 0.25) is 0 Å². The van der Waals surface area contributed by atoms with Gasteiger partial charge in [0.1, 0.15) is 11.6 Å². The lowest BCUT2D eigenvalue weighted by molar-refractivity contribution is 0.104. The number of hydrogen-bond acceptors (Lipinski definition) is 5. The number of anilines is 2. The van der Waals surface area contributed by atoms with E-state index in [2.05, 4.69) is 4.72 Å². The summed E-state index contributed by atoms with van der Waals surface area (Å²) in [7, 11) is 0.494. The van der Waals surface area contributed by atoms with Crippen LogP contribution in [0.1, 0.15) is 21.5 Å². The Morgan fingerprint density at radius 3 is 2.26 bits per heavy atom. The van der Waals surface area contributed by atoms with E-state index in [4.69, 9.17) is 0 Å². The molecule has 0 saturated carbocycles. The quantitative estimate of drug-likeness (QED) is 0.470. The topological polar surface area (TPSA) is 90.3 Å². The number of nitrogens with zero attached hydrogens (tertiary/aromatic N) is 2. The van der Waals surface area contributed by atoms with Gasteiger partial charge in [0.05, 0.1) is 6.26 Å². The monoisotopic (exact) mass is 383 g/mol. The molecule has 0 aromatic heterocycles. The first-order valence-corrected chi connectivity index (χ1v) is 10.0. The lowest BCUT2D eigenvalue weighted by Crippen LogP contribution is -2.10. The fourth-order valence-electron chi connectivity index (χ4n) is 2.46. The summed E-state index contributed by atoms with van der Waals surface area (Å²) in [6.45, 7) is 1.92. The molecular formula is C20H21N3O3S. The first-order valence-electron chi connectivity index (χ1n) is 8.13. The zero-order valence-electron chi connectivity index (χ0n) is 15.6. The van der Waals surface area contributed by atoms with Gasteiger partial charge in [-0.3, -0.25) is 9.52 Å². The van der Waals surface area contributed by atoms with Gasteiger partial charge in [0.25, 0.3) is 0 Å². The van der Waals surface area contributed by atoms with Crippen molar-refractivity contribution < 1.29 is 13.2 Å². The third-order valence-electron chi connectivity index (χ3n) is 3.89. The summed E-state index contributed by atoms with van der Waals surface area (Å²) < 4.78 is 24.8. The number of aryl methyl sites for hydroxylation is 1. The fourth-order valence-corrected chi connectivity index (χ4v) is 3.03. The minimum absolute atomic E-state index is 0.0134. The molecule has 0 aliphatic rings. The van der Waals surface area contributed by atoms with E-state index in [1.54, 1.807) is 6.08 Å². The van der Waals surface area contributed by atoms with Crippen LogP contribution in [0, 0.1) is 18.3 Å². The van der Waals surface area contributed by atoms with Crippen LogP contribution < -0.4 is 9.62 Å². The van der Waals surface area contributed by atoms with Gasteiger partial charge in [-0.05, 0) is 60.5 Å². The molecule has 0 heterocycles. The van der Waals surface area contributed by atoms with Crippen LogP contribution in [-0.4, -0.2) is 34.6 Å². The summed E-state index contributed by atoms with van der Waals surface area (Å²) in [5.74, 6) is -0.417. The van der Waals surface area contributed by atoms with Gasteiger partial charge >= 0.3 is 0 Å². The van der Waals surface area contributed by atoms with Crippen LogP contribution in [0.4, 0.5) is 11.4 Å². The first kappa shape index (κ1) is 20.2. The van der Waals surface area contributed by atoms with Gasteiger partial charge in [0.2, 0.25) is 15.8 Å². The number of benzene rings is 2. The van der Waals surface area contributed by atoms with E-state index in [1.165, 1.54) is 24.3 Å². The molecule has 0 radical (unpaired) electrons. The van der Waals surface area contributed by atoms with E-state index < -0.39 is 15.8 Å². The van der Waals surface area contributed by atoms with Gasteiger partial charge in [-0.1, -0.05) is 6.07 Å². The zero-order valence-corrected chi connectivity index (χ0v) is 16.5. The number of rotatable bonds is 6. The largest absolute Gasteiger partial charge is 0.378 e. The van der Waals surface area contributed by atoms with E-state index in [1.807, 2.05) is 50.2 Å². The number of sulfonamides is 1. The molecule has 0 spiro atoms. The highest BCUT2D eigenvalue weighted by atomic mass is 32.2. The molecule has 1 N–H and O–H groups in total. The maximum absolute atomic E-state index is 12.6. The average molecular weight is 383 g/mol. The highest BCUT2D eigenvalue weighted by Gasteiger charge is 2.13. The highest BCUT2D eigenvalue weighted by molar-refractivity contribution is 7.92. The van der Waals surface area contributed by atoms with Crippen LogP contribution >= 0.6 is 0 Å². The van der Waals surface area contributed by atoms with E-state index >= 15 is 0 Å². The zero-order chi connectivity index (χ0) is 20.2. The molecular weight excluding hydrogens is 362 g/mol. The lowest BCUT2D eigenvalue weighted by Gasteiger charge is -2.14. The lowest BCUT2D eigenvalue weighted by atomic mass is 9.99. The number of carbonyl (C=O) groups excluding carboxylic acids is 1. The molecule has 2 aromatic carbocycles. The Bertz CT molecular complexity index is 1030. The molecule has 2 aromatic rings. The number of Topliss-reactive ketones (excluding diaryl/α,β-unsaturated/α-hetero) is 1. The molecule has 0 atom stereocenters. The Balaban J connectivity index is 2.30. The molecule has 140 valence electrons. The molecule has 2 rings (SSSR count). The molecule has 0 unspecified atom stereocenters. The van der Waals surface area contributed by atoms with Gasteiger partial charge in [0, 0.05) is 31.0 Å². The van der Waals surface area contributed by atoms with Crippen LogP contribution in [-0.2, 0) is 10.0 Å². The molecule has 0 saturated heterocycles. The van der Waals surface area contributed by atoms with Gasteiger partial charge in [-0.2, -0.15) is 5.26 Å². The smallest absolute Gasteiger partial charge is 0.229 e. The highest BCUT2D eigenvalue weighted by Crippen LogP contribution is 2.21. The maximum Gasteiger partial charge on any atom is 0.229 e. The minimum atomic E-state index is -3.39. The first-order chi connectivity index (χ1) is 12.6. The van der Waals surface area contributed by atoms with Crippen molar-refractivity contribution in [2.24, 2.45) is 0 Å². The second-order valence-electron chi connectivity index (χ2n) is 6.39. The summed E-state index contributed by atoms with van der Waals surface area (Å²) >= 11 is 0. The van der Waals surface area contributed by atoms with Crippen molar-refractivity contribution in [1.29, 1.82) is 5.26 Å². The predicted octanol–water partition coefficient (Wildman–Crippen LogP) is 3.22. The fraction of sp³-hybridized carbons (Fsp3) is 0.200. The minimum Gasteiger partial charge on any atom is -0.378 e. The average Bonchev–Trinajstić information content (AvgIpc) is 2.59. The normalized spacial score (nSPS) is 11.6. The molecule has 27 heavy (non-hydrogen) atoms. The Kier molecular flexibility index (Phi) is 6.03. The Labute approximate surface area is 159 Å². The van der Waals surface area contributed by atoms with Crippen molar-refractivity contribution in [2.75, 3.05) is 30.0 Å². The van der Waals surface area contributed by atoms with Crippen molar-refractivity contribution in [2.45, 2.75) is 6.92 Å². The molecule has 0 aliphatic heterocycles. The Morgan fingerprint density at radius 1 is 1.15 bits per heavy atom. The molecule has 6 nitrogen and oxygen atoms in total. The van der Waals surface area contributed by atoms with Crippen molar-refractivity contribution in [3.8, 4) is 6.07 Å². The molecule has 7 heteroatoms. The SMILES string of the molecule is Cc1cc(N(C)C)ccc1C=C(C#N)C(=O)c1ccc(NS(C)(=O)=O)cc1. The second-order valence-corrected chi connectivity index (χ2v) is 8.13. The third kappa shape index (κ3) is 5.43. The van der Waals surface area contributed by atoms with Crippen LogP contribution in [0.5, 0.6) is 0 Å². The number of carbonyl (C=O) groups is 1. The molecule has 0 aliphatic carbocycles. The van der Waals surface area contributed by atoms with Gasteiger partial charge in [-0.25, -0.2) is 8.42 Å². The van der Waals surface area contributed by atoms with Gasteiger partial charge in [-0.15, -0.1) is 0 Å². The van der Waals surface area contributed by atoms with Crippen LogP contribution in [0.3, 0.4) is 0 Å². The van der Waals surface area contributed by atoms with Crippen molar-refractivity contribution in [3.63, 3.8) is 0 Å². The van der Waals surface area contributed by atoms with Crippen LogP contribution in [0.25, 0.3) is 6.08 Å². The van der Waals surface area contributed by atoms with Gasteiger partial charge < -0.3 is 4.90 Å². The molecule has 0 bridgehead atoms. The van der Waals surface area contributed by atoms with Gasteiger partial charge in [0.15, 0.2) is 0 Å². The van der Waals surface area contributed by atoms with Crippen molar-refractivity contribution in [1.82, 2.24) is 0 Å². The Hall–Kier alpha value is -3.11. The van der Waals surface area contributed by atoms with E-state index in [-0.39, 0.29) is 5.57 Å². The standard InChI is InChI=1S/C20H21N3O3S/c1-14-11-19(23(2)3)10-7-16(14)12-17(13-21)20(24)15-5-8-18(9-6-15)22-27(4,25)26/h5-12,22H,1-4H3. The number of nitrogens with one attached hydrogen (secondary N) is 1. The number of nitriles is 1. The maximum atomic E-state index is 12.6. The number of allylic oxidation sites excluding steroid dienone is 1. The van der Waals surface area contributed by atoms with Crippen molar-refractivity contribution >= 4 is 33.3 Å². The number of ketones is 1. The summed E-state index contributed by atoms with van der Waals surface area (Å²) in [6, 6.07) is 13.7. The third-order valence-corrected chi connectivity index (χ3v) is 4.49. The summed E-state index contributed by atoms with van der Waals surface area (Å²) in [5.41, 5.74) is 3.45. The van der Waals surface area contributed by atoms with E-state index in [9.17, 15) is 18.5 Å². The Morgan fingerprint density at radius 2 is 1.78 bits per heavy atom. The summed E-state index contributed by atoms with van der Waals surface area (Å²) in [4.78, 5) is 14.6. The summed E-state index contributed by atoms with van der Waals surface area (Å²) in [6.07, 6.45) is 2.62. The van der Waals surface area contributed by atoms with E-state index in [0.29, 0.717) is 11.3 Å². The second kappa shape index (κ2) is 8.06. The van der Waals surface area contributed by atoms with Crippen molar-refractivity contribution in [3.05, 3.63) is 64.7 Å². The summed E-state index contributed by atoms with van der Waals surface area (Å²) in [5, 5.41) is 9.42. The van der Waals surface area contributed by atoms with Crippen LogP contribution in [0.15, 0.2) is 48.0 Å². The number of hydrogen-bond donors (Lipinski definition) is 1. The molecule has 0 amide bonds. The molecule has 0 fully saturated rings. The van der Waals surface area contributed by atoms with E-state index in [0.717, 1.165) is 23.1 Å².